The maximum Gasteiger partial charge on any atom is 0.221 e. The summed E-state index contributed by atoms with van der Waals surface area (Å²) in [6.45, 7) is 6.66. The maximum absolute atomic E-state index is 11.8. The van der Waals surface area contributed by atoms with Gasteiger partial charge in [0.15, 0.2) is 5.96 Å². The van der Waals surface area contributed by atoms with Gasteiger partial charge in [-0.05, 0) is 31.9 Å². The summed E-state index contributed by atoms with van der Waals surface area (Å²) in [5.41, 5.74) is 1.26. The zero-order valence-corrected chi connectivity index (χ0v) is 18.3. The molecular weight excluding hydrogens is 441 g/mol. The number of carbonyl (C=O) groups is 1. The third kappa shape index (κ3) is 7.39. The minimum Gasteiger partial charge on any atom is -0.369 e. The number of rotatable bonds is 7. The molecule has 26 heavy (non-hydrogen) atoms. The number of hydrogen-bond donors (Lipinski definition) is 3. The molecule has 1 aliphatic heterocycles. The van der Waals surface area contributed by atoms with Gasteiger partial charge < -0.3 is 20.9 Å². The van der Waals surface area contributed by atoms with Crippen molar-refractivity contribution in [2.45, 2.75) is 45.2 Å². The first-order valence-electron chi connectivity index (χ1n) is 9.19. The number of aliphatic imine (C=N–C) groups is 1. The first kappa shape index (κ1) is 22.5. The molecule has 0 aromatic heterocycles. The lowest BCUT2D eigenvalue weighted by atomic mass is 10.2. The second-order valence-corrected chi connectivity index (χ2v) is 6.54. The van der Waals surface area contributed by atoms with Gasteiger partial charge in [0.05, 0.1) is 0 Å². The molecular formula is C19H32IN5O. The lowest BCUT2D eigenvalue weighted by Crippen LogP contribution is -2.45. The zero-order valence-electron chi connectivity index (χ0n) is 16.0. The second-order valence-electron chi connectivity index (χ2n) is 6.54. The number of carbonyl (C=O) groups excluding carboxylic acids is 1. The third-order valence-corrected chi connectivity index (χ3v) is 4.54. The Morgan fingerprint density at radius 3 is 2.73 bits per heavy atom. The van der Waals surface area contributed by atoms with Crippen molar-refractivity contribution in [3.05, 3.63) is 30.3 Å². The van der Waals surface area contributed by atoms with Gasteiger partial charge >= 0.3 is 0 Å². The summed E-state index contributed by atoms with van der Waals surface area (Å²) in [6, 6.07) is 11.1. The van der Waals surface area contributed by atoms with Crippen LogP contribution in [0.4, 0.5) is 5.69 Å². The van der Waals surface area contributed by atoms with Crippen molar-refractivity contribution in [3.8, 4) is 0 Å². The first-order chi connectivity index (χ1) is 12.1. The van der Waals surface area contributed by atoms with Crippen LogP contribution in [0.5, 0.6) is 0 Å². The fourth-order valence-corrected chi connectivity index (χ4v) is 2.88. The van der Waals surface area contributed by atoms with E-state index in [1.807, 2.05) is 13.0 Å². The van der Waals surface area contributed by atoms with Crippen molar-refractivity contribution in [2.75, 3.05) is 31.6 Å². The van der Waals surface area contributed by atoms with Crippen molar-refractivity contribution >= 4 is 41.5 Å². The van der Waals surface area contributed by atoms with Crippen LogP contribution in [0, 0.1) is 0 Å². The minimum absolute atomic E-state index is 0. The number of guanidine groups is 1. The molecule has 0 bridgehead atoms. The Hall–Kier alpha value is -1.51. The van der Waals surface area contributed by atoms with E-state index >= 15 is 0 Å². The predicted octanol–water partition coefficient (Wildman–Crippen LogP) is 2.35. The van der Waals surface area contributed by atoms with Crippen LogP contribution in [0.1, 0.15) is 33.1 Å². The fraction of sp³-hybridized carbons (Fsp3) is 0.579. The van der Waals surface area contributed by atoms with Gasteiger partial charge in [-0.15, -0.1) is 24.0 Å². The zero-order chi connectivity index (χ0) is 18.1. The molecule has 146 valence electrons. The largest absolute Gasteiger partial charge is 0.369 e. The summed E-state index contributed by atoms with van der Waals surface area (Å²) in [4.78, 5) is 18.5. The van der Waals surface area contributed by atoms with Crippen LogP contribution in [0.3, 0.4) is 0 Å². The van der Waals surface area contributed by atoms with Gasteiger partial charge in [-0.3, -0.25) is 9.79 Å². The molecule has 0 saturated carbocycles. The highest BCUT2D eigenvalue weighted by Crippen LogP contribution is 2.19. The molecule has 1 aromatic rings. The normalized spacial score (nSPS) is 18.0. The van der Waals surface area contributed by atoms with E-state index in [0.29, 0.717) is 19.0 Å². The Kier molecular flexibility index (Phi) is 10.4. The lowest BCUT2D eigenvalue weighted by Gasteiger charge is -2.20. The molecule has 1 saturated heterocycles. The number of benzene rings is 1. The van der Waals surface area contributed by atoms with E-state index in [0.717, 1.165) is 31.9 Å². The van der Waals surface area contributed by atoms with E-state index in [1.54, 1.807) is 7.05 Å². The summed E-state index contributed by atoms with van der Waals surface area (Å²) in [7, 11) is 1.76. The van der Waals surface area contributed by atoms with E-state index in [-0.39, 0.29) is 35.9 Å². The van der Waals surface area contributed by atoms with Gasteiger partial charge in [0.1, 0.15) is 0 Å². The number of anilines is 1. The third-order valence-electron chi connectivity index (χ3n) is 4.54. The van der Waals surface area contributed by atoms with Crippen LogP contribution in [-0.2, 0) is 4.79 Å². The standard InChI is InChI=1S/C19H31N5O.HI/c1-4-15(2)22-18(25)10-12-21-19(20-3)23-16-11-13-24(14-16)17-8-6-5-7-9-17;/h5-9,15-16H,4,10-14H2,1-3H3,(H,22,25)(H2,20,21,23);1H. The fourth-order valence-electron chi connectivity index (χ4n) is 2.88. The monoisotopic (exact) mass is 473 g/mol. The number of halogens is 1. The average Bonchev–Trinajstić information content (AvgIpc) is 3.10. The molecule has 2 rings (SSSR count). The van der Waals surface area contributed by atoms with Gasteiger partial charge in [-0.2, -0.15) is 0 Å². The molecule has 6 nitrogen and oxygen atoms in total. The van der Waals surface area contributed by atoms with Crippen LogP contribution >= 0.6 is 24.0 Å². The highest BCUT2D eigenvalue weighted by molar-refractivity contribution is 14.0. The molecule has 1 aliphatic rings. The Morgan fingerprint density at radius 1 is 1.35 bits per heavy atom. The molecule has 1 aromatic carbocycles. The van der Waals surface area contributed by atoms with Crippen LogP contribution in [0.2, 0.25) is 0 Å². The summed E-state index contributed by atoms with van der Waals surface area (Å²) in [6.07, 6.45) is 2.47. The molecule has 3 N–H and O–H groups in total. The van der Waals surface area contributed by atoms with Gasteiger partial charge in [-0.25, -0.2) is 0 Å². The second kappa shape index (κ2) is 12.0. The molecule has 7 heteroatoms. The maximum atomic E-state index is 11.8. The van der Waals surface area contributed by atoms with E-state index in [2.05, 4.69) is 57.0 Å². The molecule has 0 aliphatic carbocycles. The van der Waals surface area contributed by atoms with Crippen molar-refractivity contribution < 1.29 is 4.79 Å². The smallest absolute Gasteiger partial charge is 0.221 e. The van der Waals surface area contributed by atoms with Gasteiger partial charge in [0.2, 0.25) is 5.91 Å². The molecule has 2 unspecified atom stereocenters. The minimum atomic E-state index is 0. The summed E-state index contributed by atoms with van der Waals surface area (Å²) < 4.78 is 0. The SMILES string of the molecule is CCC(C)NC(=O)CCNC(=NC)NC1CCN(c2ccccc2)C1.I. The Labute approximate surface area is 174 Å². The quantitative estimate of drug-likeness (QED) is 0.323. The molecule has 0 spiro atoms. The summed E-state index contributed by atoms with van der Waals surface area (Å²) in [5.74, 6) is 0.838. The number of amides is 1. The topological polar surface area (TPSA) is 68.8 Å². The summed E-state index contributed by atoms with van der Waals surface area (Å²) >= 11 is 0. The molecule has 1 amide bonds. The van der Waals surface area contributed by atoms with Gasteiger partial charge in [-0.1, -0.05) is 25.1 Å². The van der Waals surface area contributed by atoms with Crippen molar-refractivity contribution in [1.29, 1.82) is 0 Å². The molecule has 1 heterocycles. The Balaban J connectivity index is 0.00000338. The molecule has 2 atom stereocenters. The van der Waals surface area contributed by atoms with Crippen molar-refractivity contribution in [3.63, 3.8) is 0 Å². The van der Waals surface area contributed by atoms with Crippen LogP contribution in [0.15, 0.2) is 35.3 Å². The Bertz CT molecular complexity index is 566. The molecule has 0 radical (unpaired) electrons. The van der Waals surface area contributed by atoms with Crippen LogP contribution in [-0.4, -0.2) is 50.6 Å². The number of hydrogen-bond acceptors (Lipinski definition) is 3. The van der Waals surface area contributed by atoms with Crippen molar-refractivity contribution in [1.82, 2.24) is 16.0 Å². The lowest BCUT2D eigenvalue weighted by molar-refractivity contribution is -0.121. The van der Waals surface area contributed by atoms with Crippen molar-refractivity contribution in [2.24, 2.45) is 4.99 Å². The average molecular weight is 473 g/mol. The van der Waals surface area contributed by atoms with Crippen LogP contribution < -0.4 is 20.9 Å². The number of para-hydroxylation sites is 1. The van der Waals surface area contributed by atoms with Crippen LogP contribution in [0.25, 0.3) is 0 Å². The van der Waals surface area contributed by atoms with E-state index < -0.39 is 0 Å². The number of nitrogens with zero attached hydrogens (tertiary/aromatic N) is 2. The molecule has 1 fully saturated rings. The highest BCUT2D eigenvalue weighted by Gasteiger charge is 2.23. The first-order valence-corrected chi connectivity index (χ1v) is 9.19. The highest BCUT2D eigenvalue weighted by atomic mass is 127. The van der Waals surface area contributed by atoms with Gasteiger partial charge in [0, 0.05) is 50.9 Å². The van der Waals surface area contributed by atoms with E-state index in [4.69, 9.17) is 0 Å². The van der Waals surface area contributed by atoms with E-state index in [1.165, 1.54) is 5.69 Å². The van der Waals surface area contributed by atoms with E-state index in [9.17, 15) is 4.79 Å². The van der Waals surface area contributed by atoms with Gasteiger partial charge in [0.25, 0.3) is 0 Å². The Morgan fingerprint density at radius 2 is 2.08 bits per heavy atom. The summed E-state index contributed by atoms with van der Waals surface area (Å²) in [5, 5.41) is 9.66. The number of nitrogens with one attached hydrogen (secondary N) is 3. The predicted molar refractivity (Wildman–Crippen MR) is 119 cm³/mol.